The summed E-state index contributed by atoms with van der Waals surface area (Å²) in [5.41, 5.74) is -0.299. The van der Waals surface area contributed by atoms with Gasteiger partial charge in [0.05, 0.1) is 8.98 Å². The van der Waals surface area contributed by atoms with Crippen LogP contribution in [0.2, 0.25) is 0 Å². The molecule has 0 aliphatic heterocycles. The molecule has 0 saturated heterocycles. The van der Waals surface area contributed by atoms with Gasteiger partial charge in [-0.15, -0.1) is 0 Å². The zero-order valence-electron chi connectivity index (χ0n) is 8.91. The Morgan fingerprint density at radius 1 is 1.56 bits per heavy atom. The molecular weight excluding hydrogens is 112 g/mol. The van der Waals surface area contributed by atoms with Crippen molar-refractivity contribution in [2.75, 3.05) is 0 Å². The van der Waals surface area contributed by atoms with Crippen molar-refractivity contribution in [3.63, 3.8) is 0 Å². The summed E-state index contributed by atoms with van der Waals surface area (Å²) in [6, 6.07) is -0.0903. The third-order valence-electron chi connectivity index (χ3n) is 1.06. The van der Waals surface area contributed by atoms with E-state index in [4.69, 9.17) is 8.53 Å². The normalized spacial score (nSPS) is 16.6. The average Bonchev–Trinajstić information content (AvgIpc) is 2.15. The van der Waals surface area contributed by atoms with Crippen molar-refractivity contribution < 1.29 is 8.53 Å². The Morgan fingerprint density at radius 3 is 2.44 bits per heavy atom. The second-order valence-electron chi connectivity index (χ2n) is 3.03. The zero-order chi connectivity index (χ0) is 9.52. The van der Waals surface area contributed by atoms with E-state index in [0.29, 0.717) is 5.76 Å². The Bertz CT molecular complexity index is 296. The quantitative estimate of drug-likeness (QED) is 0.522. The molecular formula is C8H12O. The number of hydrogen-bond donors (Lipinski definition) is 0. The molecule has 50 valence electrons. The second kappa shape index (κ2) is 1.90. The van der Waals surface area contributed by atoms with Gasteiger partial charge in [0.1, 0.15) is 7.13 Å². The Balaban J connectivity index is 3.28. The predicted octanol–water partition coefficient (Wildman–Crippen LogP) is 2.58. The van der Waals surface area contributed by atoms with Crippen LogP contribution in [0, 0.1) is 0 Å². The van der Waals surface area contributed by atoms with Crippen LogP contribution in [0.4, 0.5) is 0 Å². The molecule has 1 nitrogen and oxygen atoms in total. The Kier molecular flexibility index (Phi) is 0.730. The molecule has 0 bridgehead atoms. The molecule has 0 N–H and O–H groups in total. The van der Waals surface area contributed by atoms with Gasteiger partial charge in [0.25, 0.3) is 0 Å². The SMILES string of the molecule is [2H]c1oc(C(C)(C)C)c([2H])c1[2H]. The largest absolute Gasteiger partial charge is 0.469 e. The molecule has 0 radical (unpaired) electrons. The summed E-state index contributed by atoms with van der Waals surface area (Å²) in [6.45, 7) is 5.67. The van der Waals surface area contributed by atoms with Crippen LogP contribution in [-0.4, -0.2) is 0 Å². The topological polar surface area (TPSA) is 13.1 Å². The van der Waals surface area contributed by atoms with Gasteiger partial charge in [-0.2, -0.15) is 0 Å². The fourth-order valence-corrected chi connectivity index (χ4v) is 0.525. The van der Waals surface area contributed by atoms with Gasteiger partial charge < -0.3 is 4.42 Å². The van der Waals surface area contributed by atoms with Gasteiger partial charge in [-0.3, -0.25) is 0 Å². The lowest BCUT2D eigenvalue weighted by molar-refractivity contribution is 0.409. The van der Waals surface area contributed by atoms with Crippen molar-refractivity contribution in [2.24, 2.45) is 0 Å². The molecule has 9 heavy (non-hydrogen) atoms. The highest BCUT2D eigenvalue weighted by molar-refractivity contribution is 5.08. The first-order chi connectivity index (χ1) is 5.34. The monoisotopic (exact) mass is 127 g/mol. The summed E-state index contributed by atoms with van der Waals surface area (Å²) in [5, 5.41) is 0. The summed E-state index contributed by atoms with van der Waals surface area (Å²) in [7, 11) is 0. The molecule has 0 spiro atoms. The number of rotatable bonds is 0. The minimum absolute atomic E-state index is 0.0347. The maximum Gasteiger partial charge on any atom is 0.109 e. The van der Waals surface area contributed by atoms with Crippen LogP contribution in [0.25, 0.3) is 0 Å². The zero-order valence-corrected chi connectivity index (χ0v) is 5.91. The first kappa shape index (κ1) is 3.45. The highest BCUT2D eigenvalue weighted by Crippen LogP contribution is 2.21. The van der Waals surface area contributed by atoms with Gasteiger partial charge in [0.15, 0.2) is 0 Å². The smallest absolute Gasteiger partial charge is 0.109 e. The lowest BCUT2D eigenvalue weighted by Gasteiger charge is -2.13. The number of hydrogen-bond acceptors (Lipinski definition) is 1. The van der Waals surface area contributed by atoms with Crippen LogP contribution in [0.1, 0.15) is 30.6 Å². The van der Waals surface area contributed by atoms with Gasteiger partial charge in [0, 0.05) is 5.41 Å². The second-order valence-corrected chi connectivity index (χ2v) is 3.03. The molecule has 0 aromatic carbocycles. The predicted molar refractivity (Wildman–Crippen MR) is 37.4 cm³/mol. The summed E-state index contributed by atoms with van der Waals surface area (Å²) in [6.07, 6.45) is -0.218. The summed E-state index contributed by atoms with van der Waals surface area (Å²) in [4.78, 5) is 0. The molecule has 0 unspecified atom stereocenters. The molecule has 0 aliphatic rings. The molecule has 1 aromatic heterocycles. The summed E-state index contributed by atoms with van der Waals surface area (Å²) < 4.78 is 26.9. The molecule has 0 saturated carbocycles. The van der Waals surface area contributed by atoms with Crippen molar-refractivity contribution in [1.82, 2.24) is 0 Å². The standard InChI is InChI=1S/C8H12O/c1-8(2,3)7-5-4-6-9-7/h4-6H,1-3H3/i4D,5D,6D. The lowest BCUT2D eigenvalue weighted by atomic mass is 9.94. The molecule has 0 fully saturated rings. The highest BCUT2D eigenvalue weighted by atomic mass is 16.3. The lowest BCUT2D eigenvalue weighted by Crippen LogP contribution is -2.08. The van der Waals surface area contributed by atoms with E-state index in [1.165, 1.54) is 0 Å². The highest BCUT2D eigenvalue weighted by Gasteiger charge is 2.15. The minimum Gasteiger partial charge on any atom is -0.469 e. The van der Waals surface area contributed by atoms with Crippen LogP contribution in [0.3, 0.4) is 0 Å². The minimum atomic E-state index is -0.299. The van der Waals surface area contributed by atoms with E-state index in [1.54, 1.807) is 0 Å². The van der Waals surface area contributed by atoms with E-state index in [2.05, 4.69) is 0 Å². The van der Waals surface area contributed by atoms with E-state index in [-0.39, 0.29) is 23.7 Å². The fourth-order valence-electron chi connectivity index (χ4n) is 0.525. The Labute approximate surface area is 59.9 Å². The van der Waals surface area contributed by atoms with Gasteiger partial charge in [-0.1, -0.05) is 20.8 Å². The van der Waals surface area contributed by atoms with Crippen molar-refractivity contribution in [2.45, 2.75) is 26.2 Å². The van der Waals surface area contributed by atoms with Crippen molar-refractivity contribution in [1.29, 1.82) is 0 Å². The Hall–Kier alpha value is -0.720. The van der Waals surface area contributed by atoms with E-state index in [9.17, 15) is 0 Å². The van der Waals surface area contributed by atoms with Crippen LogP contribution < -0.4 is 0 Å². The first-order valence-corrected chi connectivity index (χ1v) is 2.91. The van der Waals surface area contributed by atoms with Gasteiger partial charge in [0.2, 0.25) is 0 Å². The van der Waals surface area contributed by atoms with Crippen molar-refractivity contribution >= 4 is 0 Å². The molecule has 0 atom stereocenters. The molecule has 1 rings (SSSR count). The van der Waals surface area contributed by atoms with Crippen molar-refractivity contribution in [3.05, 3.63) is 24.1 Å². The van der Waals surface area contributed by atoms with Gasteiger partial charge in [-0.05, 0) is 12.1 Å². The molecule has 0 amide bonds. The summed E-state index contributed by atoms with van der Waals surface area (Å²) in [5.74, 6) is 0.414. The van der Waals surface area contributed by atoms with Gasteiger partial charge >= 0.3 is 0 Å². The van der Waals surface area contributed by atoms with Crippen LogP contribution in [0.5, 0.6) is 0 Å². The summed E-state index contributed by atoms with van der Waals surface area (Å²) >= 11 is 0. The molecule has 1 aromatic rings. The Morgan fingerprint density at radius 2 is 2.22 bits per heavy atom. The van der Waals surface area contributed by atoms with E-state index >= 15 is 0 Å². The van der Waals surface area contributed by atoms with Crippen LogP contribution in [0.15, 0.2) is 22.7 Å². The molecule has 0 aliphatic carbocycles. The van der Waals surface area contributed by atoms with Gasteiger partial charge in [-0.25, -0.2) is 0 Å². The number of furan rings is 1. The third-order valence-corrected chi connectivity index (χ3v) is 1.06. The first-order valence-electron chi connectivity index (χ1n) is 4.41. The van der Waals surface area contributed by atoms with Crippen molar-refractivity contribution in [3.8, 4) is 0 Å². The van der Waals surface area contributed by atoms with Crippen LogP contribution in [-0.2, 0) is 5.41 Å². The maximum absolute atomic E-state index is 7.47. The van der Waals surface area contributed by atoms with E-state index < -0.39 is 0 Å². The third kappa shape index (κ3) is 1.35. The molecule has 1 heteroatoms. The van der Waals surface area contributed by atoms with E-state index in [1.807, 2.05) is 20.8 Å². The average molecular weight is 127 g/mol. The van der Waals surface area contributed by atoms with Crippen LogP contribution >= 0.6 is 0 Å². The molecule has 1 heterocycles. The van der Waals surface area contributed by atoms with E-state index in [0.717, 1.165) is 0 Å². The fraction of sp³-hybridized carbons (Fsp3) is 0.500. The maximum atomic E-state index is 7.47.